The molecule has 1 atom stereocenters. The summed E-state index contributed by atoms with van der Waals surface area (Å²) < 4.78 is 8.52. The highest BCUT2D eigenvalue weighted by atomic mass is 16.5. The van der Waals surface area contributed by atoms with Gasteiger partial charge in [-0.3, -0.25) is 0 Å². The van der Waals surface area contributed by atoms with Crippen LogP contribution in [-0.2, 0) is 4.74 Å². The maximum atomic E-state index is 6.19. The number of imidazole rings is 1. The second kappa shape index (κ2) is 4.99. The van der Waals surface area contributed by atoms with Crippen LogP contribution in [0.5, 0.6) is 0 Å². The summed E-state index contributed by atoms with van der Waals surface area (Å²) in [6, 6.07) is 10.9. The molecule has 1 aromatic carbocycles. The zero-order valence-electron chi connectivity index (χ0n) is 12.6. The number of benzene rings is 1. The van der Waals surface area contributed by atoms with Gasteiger partial charge in [0.1, 0.15) is 0 Å². The van der Waals surface area contributed by atoms with E-state index in [0.717, 1.165) is 18.7 Å². The smallest absolute Gasteiger partial charge is 0.0959 e. The maximum Gasteiger partial charge on any atom is 0.0959 e. The molecule has 2 aliphatic rings. The Balaban J connectivity index is 1.61. The number of nitrogens with zero attached hydrogens (tertiary/aromatic N) is 2. The number of hydrogen-bond donors (Lipinski definition) is 0. The summed E-state index contributed by atoms with van der Waals surface area (Å²) in [5, 5.41) is 0. The lowest BCUT2D eigenvalue weighted by Gasteiger charge is -2.21. The van der Waals surface area contributed by atoms with Gasteiger partial charge in [0, 0.05) is 11.3 Å². The molecule has 2 aromatic rings. The van der Waals surface area contributed by atoms with Crippen LogP contribution in [0, 0.1) is 6.92 Å². The first-order chi connectivity index (χ1) is 10.3. The molecule has 4 rings (SSSR count). The van der Waals surface area contributed by atoms with Crippen molar-refractivity contribution in [3.05, 3.63) is 42.4 Å². The van der Waals surface area contributed by atoms with Gasteiger partial charge < -0.3 is 9.30 Å². The summed E-state index contributed by atoms with van der Waals surface area (Å²) in [7, 11) is 0. The van der Waals surface area contributed by atoms with Crippen LogP contribution < -0.4 is 0 Å². The van der Waals surface area contributed by atoms with Crippen molar-refractivity contribution in [2.75, 3.05) is 6.61 Å². The number of ether oxygens (including phenoxy) is 1. The van der Waals surface area contributed by atoms with E-state index in [0.29, 0.717) is 6.04 Å². The van der Waals surface area contributed by atoms with Gasteiger partial charge in [0.15, 0.2) is 0 Å². The van der Waals surface area contributed by atoms with Gasteiger partial charge in [0.05, 0.1) is 30.3 Å². The van der Waals surface area contributed by atoms with E-state index in [1.165, 1.54) is 36.9 Å². The SMILES string of the molecule is Cc1c(-c2ccccc2)ncn1[C@H]1COC2(CCCC2)C1. The predicted molar refractivity (Wildman–Crippen MR) is 83.2 cm³/mol. The molecule has 110 valence electrons. The third-order valence-electron chi connectivity index (χ3n) is 5.19. The standard InChI is InChI=1S/C18H22N2O/c1-14-17(15-7-3-2-4-8-15)19-13-20(14)16-11-18(21-12-16)9-5-6-10-18/h2-4,7-8,13,16H,5-6,9-12H2,1H3/t16-/m1/s1. The van der Waals surface area contributed by atoms with Gasteiger partial charge in [-0.05, 0) is 26.2 Å². The van der Waals surface area contributed by atoms with Crippen molar-refractivity contribution in [3.8, 4) is 11.3 Å². The summed E-state index contributed by atoms with van der Waals surface area (Å²) in [6.45, 7) is 3.01. The molecule has 3 heteroatoms. The normalized spacial score (nSPS) is 24.0. The van der Waals surface area contributed by atoms with Crippen LogP contribution in [0.2, 0.25) is 0 Å². The molecular weight excluding hydrogens is 260 g/mol. The fraction of sp³-hybridized carbons (Fsp3) is 0.500. The van der Waals surface area contributed by atoms with Crippen molar-refractivity contribution in [2.45, 2.75) is 50.7 Å². The zero-order valence-corrected chi connectivity index (χ0v) is 12.6. The molecule has 0 bridgehead atoms. The lowest BCUT2D eigenvalue weighted by Crippen LogP contribution is -2.23. The van der Waals surface area contributed by atoms with E-state index in [1.807, 2.05) is 12.4 Å². The fourth-order valence-corrected chi connectivity index (χ4v) is 4.04. The molecule has 0 amide bonds. The second-order valence-corrected chi connectivity index (χ2v) is 6.51. The molecule has 1 aromatic heterocycles. The molecule has 21 heavy (non-hydrogen) atoms. The summed E-state index contributed by atoms with van der Waals surface area (Å²) in [5.74, 6) is 0. The Bertz CT molecular complexity index is 626. The molecule has 3 nitrogen and oxygen atoms in total. The van der Waals surface area contributed by atoms with E-state index < -0.39 is 0 Å². The Hall–Kier alpha value is -1.61. The predicted octanol–water partition coefficient (Wildman–Crippen LogP) is 4.13. The van der Waals surface area contributed by atoms with Crippen molar-refractivity contribution in [1.29, 1.82) is 0 Å². The van der Waals surface area contributed by atoms with E-state index in [-0.39, 0.29) is 5.60 Å². The average Bonchev–Trinajstić information content (AvgIpc) is 3.22. The molecule has 0 unspecified atom stereocenters. The van der Waals surface area contributed by atoms with Crippen LogP contribution >= 0.6 is 0 Å². The second-order valence-electron chi connectivity index (χ2n) is 6.51. The monoisotopic (exact) mass is 282 g/mol. The Labute approximate surface area is 126 Å². The maximum absolute atomic E-state index is 6.19. The van der Waals surface area contributed by atoms with Crippen molar-refractivity contribution in [1.82, 2.24) is 9.55 Å². The minimum Gasteiger partial charge on any atom is -0.373 e. The van der Waals surface area contributed by atoms with Crippen LogP contribution in [0.4, 0.5) is 0 Å². The van der Waals surface area contributed by atoms with Gasteiger partial charge in [0.2, 0.25) is 0 Å². The first-order valence-corrected chi connectivity index (χ1v) is 8.00. The third kappa shape index (κ3) is 2.20. The highest BCUT2D eigenvalue weighted by Crippen LogP contribution is 2.45. The average molecular weight is 282 g/mol. The van der Waals surface area contributed by atoms with Gasteiger partial charge in [-0.1, -0.05) is 43.2 Å². The van der Waals surface area contributed by atoms with Gasteiger partial charge >= 0.3 is 0 Å². The number of aromatic nitrogens is 2. The molecule has 2 fully saturated rings. The Kier molecular flexibility index (Phi) is 3.11. The Morgan fingerprint density at radius 2 is 1.95 bits per heavy atom. The Morgan fingerprint density at radius 1 is 1.19 bits per heavy atom. The molecule has 1 saturated heterocycles. The minimum atomic E-state index is 0.175. The first kappa shape index (κ1) is 13.1. The molecule has 0 N–H and O–H groups in total. The van der Waals surface area contributed by atoms with Gasteiger partial charge in [-0.15, -0.1) is 0 Å². The highest BCUT2D eigenvalue weighted by molar-refractivity contribution is 5.61. The quantitative estimate of drug-likeness (QED) is 0.828. The molecule has 1 saturated carbocycles. The topological polar surface area (TPSA) is 27.1 Å². The summed E-state index contributed by atoms with van der Waals surface area (Å²) in [6.07, 6.45) is 8.28. The van der Waals surface area contributed by atoms with Crippen molar-refractivity contribution >= 4 is 0 Å². The third-order valence-corrected chi connectivity index (χ3v) is 5.19. The van der Waals surface area contributed by atoms with Crippen molar-refractivity contribution < 1.29 is 4.74 Å². The van der Waals surface area contributed by atoms with Crippen LogP contribution in [0.1, 0.15) is 43.8 Å². The van der Waals surface area contributed by atoms with Gasteiger partial charge in [-0.25, -0.2) is 4.98 Å². The van der Waals surface area contributed by atoms with Crippen LogP contribution in [0.3, 0.4) is 0 Å². The van der Waals surface area contributed by atoms with Crippen molar-refractivity contribution in [2.24, 2.45) is 0 Å². The van der Waals surface area contributed by atoms with Crippen LogP contribution in [0.15, 0.2) is 36.7 Å². The minimum absolute atomic E-state index is 0.175. The van der Waals surface area contributed by atoms with E-state index in [9.17, 15) is 0 Å². The molecule has 0 radical (unpaired) electrons. The molecule has 1 spiro atoms. The lowest BCUT2D eigenvalue weighted by molar-refractivity contribution is 0.00957. The summed E-state index contributed by atoms with van der Waals surface area (Å²) in [4.78, 5) is 4.65. The highest BCUT2D eigenvalue weighted by Gasteiger charge is 2.43. The van der Waals surface area contributed by atoms with Gasteiger partial charge in [0.25, 0.3) is 0 Å². The number of rotatable bonds is 2. The Morgan fingerprint density at radius 3 is 2.71 bits per heavy atom. The number of hydrogen-bond acceptors (Lipinski definition) is 2. The van der Waals surface area contributed by atoms with E-state index >= 15 is 0 Å². The summed E-state index contributed by atoms with van der Waals surface area (Å²) >= 11 is 0. The first-order valence-electron chi connectivity index (χ1n) is 8.00. The van der Waals surface area contributed by atoms with E-state index in [4.69, 9.17) is 4.74 Å². The fourth-order valence-electron chi connectivity index (χ4n) is 4.04. The van der Waals surface area contributed by atoms with Crippen molar-refractivity contribution in [3.63, 3.8) is 0 Å². The van der Waals surface area contributed by atoms with E-state index in [1.54, 1.807) is 0 Å². The van der Waals surface area contributed by atoms with Gasteiger partial charge in [-0.2, -0.15) is 0 Å². The van der Waals surface area contributed by atoms with E-state index in [2.05, 4.69) is 40.7 Å². The molecule has 1 aliphatic heterocycles. The molecule has 2 heterocycles. The van der Waals surface area contributed by atoms with Crippen LogP contribution in [-0.4, -0.2) is 21.8 Å². The molecule has 1 aliphatic carbocycles. The zero-order chi connectivity index (χ0) is 14.3. The largest absolute Gasteiger partial charge is 0.373 e. The van der Waals surface area contributed by atoms with Crippen LogP contribution in [0.25, 0.3) is 11.3 Å². The molecular formula is C18H22N2O. The summed E-state index contributed by atoms with van der Waals surface area (Å²) in [5.41, 5.74) is 3.73. The lowest BCUT2D eigenvalue weighted by atomic mass is 9.96.